The smallest absolute Gasteiger partial charge is 0.160 e. The zero-order valence-corrected chi connectivity index (χ0v) is 18.9. The van der Waals surface area contributed by atoms with Crippen molar-refractivity contribution in [2.24, 2.45) is 7.05 Å². The van der Waals surface area contributed by atoms with Crippen LogP contribution in [0, 0.1) is 0 Å². The summed E-state index contributed by atoms with van der Waals surface area (Å²) in [6.45, 7) is 5.15. The highest BCUT2D eigenvalue weighted by Crippen LogP contribution is 2.31. The Morgan fingerprint density at radius 3 is 2.53 bits per heavy atom. The van der Waals surface area contributed by atoms with Gasteiger partial charge in [0.05, 0.1) is 12.2 Å². The number of nitrogens with zero attached hydrogens (tertiary/aromatic N) is 7. The van der Waals surface area contributed by atoms with Crippen LogP contribution >= 0.6 is 15.9 Å². The van der Waals surface area contributed by atoms with Crippen LogP contribution < -0.4 is 4.90 Å². The lowest BCUT2D eigenvalue weighted by Crippen LogP contribution is -2.33. The molecule has 1 saturated heterocycles. The first-order valence-electron chi connectivity index (χ1n) is 10.2. The molecule has 8 heteroatoms. The van der Waals surface area contributed by atoms with Gasteiger partial charge in [-0.15, -0.1) is 0 Å². The van der Waals surface area contributed by atoms with Gasteiger partial charge in [-0.1, -0.05) is 0 Å². The fraction of sp³-hybridized carbons (Fsp3) is 0.364. The van der Waals surface area contributed by atoms with Gasteiger partial charge in [0, 0.05) is 47.8 Å². The van der Waals surface area contributed by atoms with Crippen LogP contribution in [0.15, 0.2) is 47.3 Å². The summed E-state index contributed by atoms with van der Waals surface area (Å²) in [5, 5.41) is 4.54. The summed E-state index contributed by atoms with van der Waals surface area (Å²) in [7, 11) is 1.93. The molecule has 30 heavy (non-hydrogen) atoms. The Kier molecular flexibility index (Phi) is 4.81. The van der Waals surface area contributed by atoms with Crippen LogP contribution in [0.25, 0.3) is 22.6 Å². The molecule has 1 aliphatic heterocycles. The Labute approximate surface area is 183 Å². The summed E-state index contributed by atoms with van der Waals surface area (Å²) in [6, 6.07) is 9.29. The number of rotatable bonds is 4. The number of anilines is 1. The molecule has 0 N–H and O–H groups in total. The molecule has 0 saturated carbocycles. The molecule has 7 nitrogen and oxygen atoms in total. The molecule has 2 atom stereocenters. The standard InChI is InChI=1S/C22H24BrN7/c1-14-4-5-15(2)30(14)20-7-6-16(11-24-20)21-26-19-10-17(23)12-25-22(19)29(21)13-18-8-9-28(3)27-18/h6-12,14-15H,4-5,13H2,1-3H3/t14-,15-/m0/s1. The molecule has 5 heterocycles. The van der Waals surface area contributed by atoms with Crippen molar-refractivity contribution >= 4 is 32.9 Å². The van der Waals surface area contributed by atoms with Crippen molar-refractivity contribution in [3.63, 3.8) is 0 Å². The first-order chi connectivity index (χ1) is 14.5. The fourth-order valence-corrected chi connectivity index (χ4v) is 4.70. The van der Waals surface area contributed by atoms with Crippen LogP contribution in [0.1, 0.15) is 32.4 Å². The third-order valence-corrected chi connectivity index (χ3v) is 6.30. The van der Waals surface area contributed by atoms with E-state index in [0.717, 1.165) is 38.5 Å². The molecule has 5 rings (SSSR count). The second-order valence-electron chi connectivity index (χ2n) is 8.09. The molecule has 0 unspecified atom stereocenters. The van der Waals surface area contributed by atoms with E-state index < -0.39 is 0 Å². The van der Waals surface area contributed by atoms with Crippen molar-refractivity contribution in [2.75, 3.05) is 4.90 Å². The maximum atomic E-state index is 4.89. The highest BCUT2D eigenvalue weighted by atomic mass is 79.9. The number of aryl methyl sites for hydroxylation is 1. The SMILES string of the molecule is C[C@H]1CC[C@H](C)N1c1ccc(-c2nc3cc(Br)cnc3n2Cc2ccn(C)n2)cn1. The first kappa shape index (κ1) is 19.2. The van der Waals surface area contributed by atoms with Crippen LogP contribution in [0.3, 0.4) is 0 Å². The van der Waals surface area contributed by atoms with Crippen LogP contribution in [-0.4, -0.2) is 41.4 Å². The van der Waals surface area contributed by atoms with E-state index in [1.807, 2.05) is 36.3 Å². The van der Waals surface area contributed by atoms with Crippen LogP contribution in [-0.2, 0) is 13.6 Å². The van der Waals surface area contributed by atoms with Crippen LogP contribution in [0.5, 0.6) is 0 Å². The number of pyridine rings is 2. The average Bonchev–Trinajstić information content (AvgIpc) is 3.40. The van der Waals surface area contributed by atoms with Crippen molar-refractivity contribution in [3.8, 4) is 11.4 Å². The molecule has 0 aliphatic carbocycles. The molecule has 0 bridgehead atoms. The topological polar surface area (TPSA) is 64.7 Å². The molecule has 154 valence electrons. The van der Waals surface area contributed by atoms with E-state index in [-0.39, 0.29) is 0 Å². The highest BCUT2D eigenvalue weighted by Gasteiger charge is 2.28. The van der Waals surface area contributed by atoms with E-state index in [9.17, 15) is 0 Å². The van der Waals surface area contributed by atoms with Gasteiger partial charge >= 0.3 is 0 Å². The van der Waals surface area contributed by atoms with Crippen molar-refractivity contribution in [3.05, 3.63) is 53.0 Å². The van der Waals surface area contributed by atoms with Crippen molar-refractivity contribution in [1.82, 2.24) is 29.3 Å². The van der Waals surface area contributed by atoms with E-state index >= 15 is 0 Å². The minimum Gasteiger partial charge on any atom is -0.351 e. The minimum absolute atomic E-state index is 0.522. The average molecular weight is 466 g/mol. The number of aromatic nitrogens is 6. The van der Waals surface area contributed by atoms with E-state index in [1.54, 1.807) is 6.20 Å². The largest absolute Gasteiger partial charge is 0.351 e. The summed E-state index contributed by atoms with van der Waals surface area (Å²) >= 11 is 3.51. The van der Waals surface area contributed by atoms with Gasteiger partial charge in [-0.05, 0) is 66.9 Å². The molecule has 1 aliphatic rings. The number of halogens is 1. The van der Waals surface area contributed by atoms with Gasteiger partial charge in [0.15, 0.2) is 5.65 Å². The number of hydrogen-bond acceptors (Lipinski definition) is 5. The molecule has 0 spiro atoms. The zero-order chi connectivity index (χ0) is 20.8. The molecular formula is C22H24BrN7. The van der Waals surface area contributed by atoms with Crippen molar-refractivity contribution in [2.45, 2.75) is 45.3 Å². The van der Waals surface area contributed by atoms with E-state index in [1.165, 1.54) is 12.8 Å². The Bertz CT molecular complexity index is 1180. The molecule has 0 aromatic carbocycles. The Balaban J connectivity index is 1.57. The monoisotopic (exact) mass is 465 g/mol. The van der Waals surface area contributed by atoms with E-state index in [4.69, 9.17) is 9.97 Å². The van der Waals surface area contributed by atoms with Gasteiger partial charge in [0.2, 0.25) is 0 Å². The highest BCUT2D eigenvalue weighted by molar-refractivity contribution is 9.10. The zero-order valence-electron chi connectivity index (χ0n) is 17.3. The number of fused-ring (bicyclic) bond motifs is 1. The summed E-state index contributed by atoms with van der Waals surface area (Å²) < 4.78 is 4.84. The maximum absolute atomic E-state index is 4.89. The lowest BCUT2D eigenvalue weighted by molar-refractivity contribution is 0.683. The quantitative estimate of drug-likeness (QED) is 0.446. The van der Waals surface area contributed by atoms with Crippen molar-refractivity contribution < 1.29 is 0 Å². The second-order valence-corrected chi connectivity index (χ2v) is 9.00. The Morgan fingerprint density at radius 1 is 1.07 bits per heavy atom. The number of imidazole rings is 1. The molecule has 1 fully saturated rings. The van der Waals surface area contributed by atoms with Crippen LogP contribution in [0.4, 0.5) is 5.82 Å². The predicted octanol–water partition coefficient (Wildman–Crippen LogP) is 4.41. The first-order valence-corrected chi connectivity index (χ1v) is 11.0. The van der Waals surface area contributed by atoms with Gasteiger partial charge in [0.25, 0.3) is 0 Å². The van der Waals surface area contributed by atoms with Crippen molar-refractivity contribution in [1.29, 1.82) is 0 Å². The summed E-state index contributed by atoms with van der Waals surface area (Å²) in [5.41, 5.74) is 3.63. The minimum atomic E-state index is 0.522. The lowest BCUT2D eigenvalue weighted by atomic mass is 10.2. The molecular weight excluding hydrogens is 442 g/mol. The van der Waals surface area contributed by atoms with Gasteiger partial charge in [-0.2, -0.15) is 5.10 Å². The maximum Gasteiger partial charge on any atom is 0.160 e. The van der Waals surface area contributed by atoms with E-state index in [0.29, 0.717) is 18.6 Å². The summed E-state index contributed by atoms with van der Waals surface area (Å²) in [6.07, 6.45) is 8.11. The lowest BCUT2D eigenvalue weighted by Gasteiger charge is -2.27. The Morgan fingerprint density at radius 2 is 1.87 bits per heavy atom. The van der Waals surface area contributed by atoms with Gasteiger partial charge in [0.1, 0.15) is 17.2 Å². The summed E-state index contributed by atoms with van der Waals surface area (Å²) in [5.74, 6) is 1.88. The molecule has 4 aromatic heterocycles. The Hall–Kier alpha value is -2.74. The number of hydrogen-bond donors (Lipinski definition) is 0. The van der Waals surface area contributed by atoms with Gasteiger partial charge < -0.3 is 9.47 Å². The normalized spacial score (nSPS) is 19.1. The second kappa shape index (κ2) is 7.50. The molecule has 4 aromatic rings. The van der Waals surface area contributed by atoms with Gasteiger partial charge in [-0.3, -0.25) is 4.68 Å². The van der Waals surface area contributed by atoms with Gasteiger partial charge in [-0.25, -0.2) is 15.0 Å². The third-order valence-electron chi connectivity index (χ3n) is 5.86. The molecule has 0 radical (unpaired) electrons. The molecule has 0 amide bonds. The fourth-order valence-electron chi connectivity index (χ4n) is 4.38. The third kappa shape index (κ3) is 3.39. The predicted molar refractivity (Wildman–Crippen MR) is 121 cm³/mol. The summed E-state index contributed by atoms with van der Waals surface area (Å²) in [4.78, 5) is 16.7. The van der Waals surface area contributed by atoms with Crippen LogP contribution in [0.2, 0.25) is 0 Å². The van der Waals surface area contributed by atoms with E-state index in [2.05, 4.69) is 61.5 Å².